The van der Waals surface area contributed by atoms with Gasteiger partial charge in [-0.25, -0.2) is 0 Å². The minimum atomic E-state index is -0.663. The lowest BCUT2D eigenvalue weighted by atomic mass is 9.87. The Hall–Kier alpha value is -1.20. The van der Waals surface area contributed by atoms with Crippen LogP contribution in [0.4, 0.5) is 0 Å². The lowest BCUT2D eigenvalue weighted by Crippen LogP contribution is -2.47. The van der Waals surface area contributed by atoms with Crippen LogP contribution in [0.25, 0.3) is 0 Å². The Balaban J connectivity index is 2.15. The molecule has 1 saturated heterocycles. The summed E-state index contributed by atoms with van der Waals surface area (Å²) in [6, 6.07) is 1.99. The Kier molecular flexibility index (Phi) is 4.94. The molecule has 20 heavy (non-hydrogen) atoms. The van der Waals surface area contributed by atoms with Crippen molar-refractivity contribution in [1.29, 1.82) is 0 Å². The summed E-state index contributed by atoms with van der Waals surface area (Å²) < 4.78 is 13.1. The minimum absolute atomic E-state index is 0.150. The minimum Gasteiger partial charge on any atom is -0.381 e. The summed E-state index contributed by atoms with van der Waals surface area (Å²) in [6.45, 7) is 8.44. The van der Waals surface area contributed by atoms with E-state index in [1.165, 1.54) is 0 Å². The molecule has 112 valence electrons. The van der Waals surface area contributed by atoms with Gasteiger partial charge in [0.1, 0.15) is 5.60 Å². The third kappa shape index (κ3) is 3.10. The number of rotatable bonds is 6. The van der Waals surface area contributed by atoms with E-state index < -0.39 is 5.60 Å². The van der Waals surface area contributed by atoms with E-state index in [-0.39, 0.29) is 5.78 Å². The molecule has 0 radical (unpaired) electrons. The summed E-state index contributed by atoms with van der Waals surface area (Å²) in [5.41, 5.74) is 1.26. The number of ether oxygens (including phenoxy) is 2. The molecule has 1 aliphatic heterocycles. The van der Waals surface area contributed by atoms with Crippen molar-refractivity contribution in [2.75, 3.05) is 19.8 Å². The lowest BCUT2D eigenvalue weighted by molar-refractivity contribution is -0.156. The van der Waals surface area contributed by atoms with Gasteiger partial charge in [0.25, 0.3) is 0 Å². The smallest absolute Gasteiger partial charge is 0.170 e. The highest BCUT2D eigenvalue weighted by Gasteiger charge is 2.40. The summed E-state index contributed by atoms with van der Waals surface area (Å²) in [5.74, 6) is 0.150. The summed E-state index contributed by atoms with van der Waals surface area (Å²) in [5, 5.41) is 4.39. The van der Waals surface area contributed by atoms with Crippen LogP contribution < -0.4 is 0 Å². The number of carbonyl (C=O) groups excluding carboxylic acids is 1. The molecule has 0 spiro atoms. The predicted octanol–water partition coefficient (Wildman–Crippen LogP) is 1.91. The third-order valence-corrected chi connectivity index (χ3v) is 3.86. The van der Waals surface area contributed by atoms with Gasteiger partial charge in [-0.3, -0.25) is 9.48 Å². The molecule has 0 saturated carbocycles. The first-order valence-electron chi connectivity index (χ1n) is 7.39. The lowest BCUT2D eigenvalue weighted by Gasteiger charge is -2.35. The zero-order chi connectivity index (χ0) is 14.6. The number of aromatic nitrogens is 2. The van der Waals surface area contributed by atoms with E-state index in [2.05, 4.69) is 5.10 Å². The molecule has 0 unspecified atom stereocenters. The van der Waals surface area contributed by atoms with Crippen molar-refractivity contribution in [3.8, 4) is 0 Å². The fourth-order valence-electron chi connectivity index (χ4n) is 2.82. The summed E-state index contributed by atoms with van der Waals surface area (Å²) >= 11 is 0. The Labute approximate surface area is 120 Å². The van der Waals surface area contributed by atoms with Gasteiger partial charge in [-0.15, -0.1) is 0 Å². The van der Waals surface area contributed by atoms with Crippen LogP contribution in [0.2, 0.25) is 0 Å². The second-order valence-electron chi connectivity index (χ2n) is 5.23. The topological polar surface area (TPSA) is 53.3 Å². The number of Topliss-reactive ketones (excluding diaryl/α,β-unsaturated/α-hetero) is 1. The molecule has 1 aromatic rings. The van der Waals surface area contributed by atoms with Crippen LogP contribution in [-0.4, -0.2) is 41.0 Å². The maximum atomic E-state index is 12.7. The van der Waals surface area contributed by atoms with Crippen molar-refractivity contribution < 1.29 is 14.3 Å². The van der Waals surface area contributed by atoms with Crippen molar-refractivity contribution in [1.82, 2.24) is 9.78 Å². The first-order chi connectivity index (χ1) is 9.61. The number of hydrogen-bond donors (Lipinski definition) is 0. The largest absolute Gasteiger partial charge is 0.381 e. The molecule has 0 atom stereocenters. The molecule has 0 amide bonds. The van der Waals surface area contributed by atoms with Gasteiger partial charge in [0.05, 0.1) is 12.1 Å². The molecule has 5 nitrogen and oxygen atoms in total. The number of nitrogens with zero attached hydrogens (tertiary/aromatic N) is 2. The van der Waals surface area contributed by atoms with Crippen LogP contribution in [0, 0.1) is 6.92 Å². The monoisotopic (exact) mass is 280 g/mol. The normalized spacial score (nSPS) is 18.1. The van der Waals surface area contributed by atoms with E-state index in [9.17, 15) is 4.79 Å². The van der Waals surface area contributed by atoms with Gasteiger partial charge < -0.3 is 9.47 Å². The molecular formula is C15H24N2O3. The number of ketones is 1. The van der Waals surface area contributed by atoms with Crippen LogP contribution >= 0.6 is 0 Å². The summed E-state index contributed by atoms with van der Waals surface area (Å²) in [4.78, 5) is 12.7. The van der Waals surface area contributed by atoms with E-state index in [0.717, 1.165) is 17.9 Å². The van der Waals surface area contributed by atoms with E-state index in [1.807, 2.05) is 31.5 Å². The zero-order valence-corrected chi connectivity index (χ0v) is 12.6. The SMILES string of the molecule is CCOC1(C(=O)Cc2cc(C)nn2CC)CCOCC1. The van der Waals surface area contributed by atoms with E-state index in [1.54, 1.807) is 0 Å². The Morgan fingerprint density at radius 2 is 2.15 bits per heavy atom. The molecular weight excluding hydrogens is 256 g/mol. The maximum Gasteiger partial charge on any atom is 0.170 e. The molecule has 2 heterocycles. The average Bonchev–Trinajstić information content (AvgIpc) is 2.80. The number of aryl methyl sites for hydroxylation is 2. The highest BCUT2D eigenvalue weighted by atomic mass is 16.5. The van der Waals surface area contributed by atoms with Gasteiger partial charge in [0.2, 0.25) is 0 Å². The molecule has 0 bridgehead atoms. The Morgan fingerprint density at radius 3 is 2.75 bits per heavy atom. The van der Waals surface area contributed by atoms with Gasteiger partial charge in [0.15, 0.2) is 5.78 Å². The zero-order valence-electron chi connectivity index (χ0n) is 12.6. The van der Waals surface area contributed by atoms with Gasteiger partial charge in [-0.1, -0.05) is 0 Å². The first-order valence-corrected chi connectivity index (χ1v) is 7.39. The van der Waals surface area contributed by atoms with Gasteiger partial charge in [-0.05, 0) is 26.8 Å². The van der Waals surface area contributed by atoms with Crippen molar-refractivity contribution in [2.45, 2.75) is 52.2 Å². The molecule has 1 fully saturated rings. The molecule has 0 aromatic carbocycles. The van der Waals surface area contributed by atoms with E-state index in [4.69, 9.17) is 9.47 Å². The van der Waals surface area contributed by atoms with Crippen LogP contribution in [0.1, 0.15) is 38.1 Å². The van der Waals surface area contributed by atoms with E-state index in [0.29, 0.717) is 39.1 Å². The van der Waals surface area contributed by atoms with Crippen molar-refractivity contribution in [3.05, 3.63) is 17.5 Å². The quantitative estimate of drug-likeness (QED) is 0.798. The third-order valence-electron chi connectivity index (χ3n) is 3.86. The van der Waals surface area contributed by atoms with Crippen LogP contribution in [0.5, 0.6) is 0 Å². The molecule has 1 aromatic heterocycles. The van der Waals surface area contributed by atoms with Gasteiger partial charge in [0, 0.05) is 44.9 Å². The summed E-state index contributed by atoms with van der Waals surface area (Å²) in [7, 11) is 0. The van der Waals surface area contributed by atoms with Crippen molar-refractivity contribution in [3.63, 3.8) is 0 Å². The highest BCUT2D eigenvalue weighted by molar-refractivity contribution is 5.89. The maximum absolute atomic E-state index is 12.7. The Morgan fingerprint density at radius 1 is 1.45 bits per heavy atom. The highest BCUT2D eigenvalue weighted by Crippen LogP contribution is 2.28. The average molecular weight is 280 g/mol. The van der Waals surface area contributed by atoms with Gasteiger partial charge in [-0.2, -0.15) is 5.10 Å². The molecule has 0 aliphatic carbocycles. The van der Waals surface area contributed by atoms with Crippen LogP contribution in [0.15, 0.2) is 6.07 Å². The fourth-order valence-corrected chi connectivity index (χ4v) is 2.82. The first kappa shape index (κ1) is 15.2. The molecule has 2 rings (SSSR count). The Bertz CT molecular complexity index is 456. The van der Waals surface area contributed by atoms with Gasteiger partial charge >= 0.3 is 0 Å². The molecule has 1 aliphatic rings. The molecule has 5 heteroatoms. The second-order valence-corrected chi connectivity index (χ2v) is 5.23. The van der Waals surface area contributed by atoms with Crippen LogP contribution in [-0.2, 0) is 27.2 Å². The van der Waals surface area contributed by atoms with Crippen molar-refractivity contribution >= 4 is 5.78 Å². The van der Waals surface area contributed by atoms with E-state index >= 15 is 0 Å². The predicted molar refractivity (Wildman–Crippen MR) is 75.8 cm³/mol. The fraction of sp³-hybridized carbons (Fsp3) is 0.733. The second kappa shape index (κ2) is 6.50. The molecule has 0 N–H and O–H groups in total. The number of carbonyl (C=O) groups is 1. The standard InChI is InChI=1S/C15H24N2O3/c1-4-17-13(10-12(3)16-17)11-14(18)15(20-5-2)6-8-19-9-7-15/h10H,4-9,11H2,1-3H3. The number of hydrogen-bond acceptors (Lipinski definition) is 4. The van der Waals surface area contributed by atoms with Crippen molar-refractivity contribution in [2.24, 2.45) is 0 Å². The summed E-state index contributed by atoms with van der Waals surface area (Å²) in [6.07, 6.45) is 1.69. The van der Waals surface area contributed by atoms with Crippen LogP contribution in [0.3, 0.4) is 0 Å².